The molecule has 0 radical (unpaired) electrons. The van der Waals surface area contributed by atoms with Gasteiger partial charge in [0.2, 0.25) is 0 Å². The van der Waals surface area contributed by atoms with Gasteiger partial charge in [0.05, 0.1) is 11.5 Å². The first-order chi connectivity index (χ1) is 9.19. The molecule has 1 aromatic rings. The second kappa shape index (κ2) is 8.44. The van der Waals surface area contributed by atoms with Gasteiger partial charge in [0.25, 0.3) is 0 Å². The first-order valence-corrected chi connectivity index (χ1v) is 6.40. The molecule has 0 saturated heterocycles. The minimum absolute atomic E-state index is 0.0347. The van der Waals surface area contributed by atoms with Crippen LogP contribution in [0, 0.1) is 10.1 Å². The summed E-state index contributed by atoms with van der Waals surface area (Å²) >= 11 is 0. The van der Waals surface area contributed by atoms with E-state index in [9.17, 15) is 10.1 Å². The van der Waals surface area contributed by atoms with Crippen molar-refractivity contribution in [2.24, 2.45) is 5.73 Å². The van der Waals surface area contributed by atoms with Crippen LogP contribution in [0.3, 0.4) is 0 Å². The molecule has 6 heteroatoms. The SMILES string of the molecule is NCc1ccc([N+](=O)[O-])c(OCCCCCCO)c1. The molecule has 0 amide bonds. The quantitative estimate of drug-likeness (QED) is 0.405. The van der Waals surface area contributed by atoms with Crippen LogP contribution < -0.4 is 10.5 Å². The summed E-state index contributed by atoms with van der Waals surface area (Å²) in [5, 5.41) is 19.5. The Morgan fingerprint density at radius 3 is 2.63 bits per heavy atom. The molecule has 0 bridgehead atoms. The van der Waals surface area contributed by atoms with Gasteiger partial charge in [0.15, 0.2) is 5.75 Å². The summed E-state index contributed by atoms with van der Waals surface area (Å²) in [5.74, 6) is 0.273. The van der Waals surface area contributed by atoms with Crippen LogP contribution in [0.1, 0.15) is 31.2 Å². The number of hydrogen-bond acceptors (Lipinski definition) is 5. The zero-order valence-electron chi connectivity index (χ0n) is 10.9. The van der Waals surface area contributed by atoms with Gasteiger partial charge in [-0.15, -0.1) is 0 Å². The van der Waals surface area contributed by atoms with E-state index in [-0.39, 0.29) is 18.0 Å². The lowest BCUT2D eigenvalue weighted by atomic mass is 10.2. The fourth-order valence-corrected chi connectivity index (χ4v) is 1.70. The van der Waals surface area contributed by atoms with E-state index >= 15 is 0 Å². The van der Waals surface area contributed by atoms with Crippen LogP contribution in [0.15, 0.2) is 18.2 Å². The Balaban J connectivity index is 2.52. The summed E-state index contributed by atoms with van der Waals surface area (Å²) in [6.07, 6.45) is 3.46. The van der Waals surface area contributed by atoms with Crippen molar-refractivity contribution in [2.75, 3.05) is 13.2 Å². The Labute approximate surface area is 112 Å². The summed E-state index contributed by atoms with van der Waals surface area (Å²) in [6.45, 7) is 0.954. The van der Waals surface area contributed by atoms with E-state index in [4.69, 9.17) is 15.6 Å². The van der Waals surface area contributed by atoms with Gasteiger partial charge < -0.3 is 15.6 Å². The number of nitro groups is 1. The van der Waals surface area contributed by atoms with Crippen molar-refractivity contribution in [3.63, 3.8) is 0 Å². The second-order valence-electron chi connectivity index (χ2n) is 4.25. The molecule has 0 heterocycles. The van der Waals surface area contributed by atoms with E-state index in [2.05, 4.69) is 0 Å². The van der Waals surface area contributed by atoms with Crippen molar-refractivity contribution in [1.29, 1.82) is 0 Å². The number of aliphatic hydroxyl groups is 1. The maximum atomic E-state index is 10.9. The Hall–Kier alpha value is -1.66. The highest BCUT2D eigenvalue weighted by molar-refractivity contribution is 5.48. The van der Waals surface area contributed by atoms with Gasteiger partial charge >= 0.3 is 5.69 Å². The number of benzene rings is 1. The van der Waals surface area contributed by atoms with E-state index in [0.29, 0.717) is 13.2 Å². The number of nitro benzene ring substituents is 1. The minimum Gasteiger partial charge on any atom is -0.487 e. The first-order valence-electron chi connectivity index (χ1n) is 6.40. The van der Waals surface area contributed by atoms with Crippen molar-refractivity contribution < 1.29 is 14.8 Å². The predicted octanol–water partition coefficient (Wildman–Crippen LogP) is 1.98. The highest BCUT2D eigenvalue weighted by Crippen LogP contribution is 2.28. The highest BCUT2D eigenvalue weighted by Gasteiger charge is 2.15. The Morgan fingerprint density at radius 2 is 2.00 bits per heavy atom. The van der Waals surface area contributed by atoms with Gasteiger partial charge in [-0.1, -0.05) is 12.5 Å². The fourth-order valence-electron chi connectivity index (χ4n) is 1.70. The van der Waals surface area contributed by atoms with Crippen LogP contribution in [0.25, 0.3) is 0 Å². The number of hydrogen-bond donors (Lipinski definition) is 2. The number of nitrogens with two attached hydrogens (primary N) is 1. The molecule has 0 saturated carbocycles. The van der Waals surface area contributed by atoms with Crippen molar-refractivity contribution in [3.8, 4) is 5.75 Å². The molecule has 0 aliphatic rings. The van der Waals surface area contributed by atoms with Gasteiger partial charge in [0.1, 0.15) is 0 Å². The fraction of sp³-hybridized carbons (Fsp3) is 0.538. The van der Waals surface area contributed by atoms with Crippen LogP contribution in [0.5, 0.6) is 5.75 Å². The molecule has 0 atom stereocenters. The minimum atomic E-state index is -0.457. The van der Waals surface area contributed by atoms with Gasteiger partial charge in [-0.2, -0.15) is 0 Å². The van der Waals surface area contributed by atoms with E-state index in [0.717, 1.165) is 31.2 Å². The predicted molar refractivity (Wildman–Crippen MR) is 72.0 cm³/mol. The number of ether oxygens (including phenoxy) is 1. The molecule has 1 rings (SSSR count). The molecule has 0 aliphatic carbocycles. The maximum absolute atomic E-state index is 10.9. The molecule has 0 unspecified atom stereocenters. The molecule has 0 aromatic heterocycles. The third-order valence-electron chi connectivity index (χ3n) is 2.77. The third-order valence-corrected chi connectivity index (χ3v) is 2.77. The number of unbranched alkanes of at least 4 members (excludes halogenated alkanes) is 3. The third kappa shape index (κ3) is 5.23. The molecule has 1 aromatic carbocycles. The van der Waals surface area contributed by atoms with Gasteiger partial charge in [-0.25, -0.2) is 0 Å². The van der Waals surface area contributed by atoms with E-state index in [1.54, 1.807) is 12.1 Å². The average Bonchev–Trinajstić information content (AvgIpc) is 2.42. The maximum Gasteiger partial charge on any atom is 0.310 e. The monoisotopic (exact) mass is 268 g/mol. The van der Waals surface area contributed by atoms with Crippen molar-refractivity contribution in [3.05, 3.63) is 33.9 Å². The van der Waals surface area contributed by atoms with E-state index < -0.39 is 4.92 Å². The summed E-state index contributed by atoms with van der Waals surface area (Å²) < 4.78 is 5.46. The largest absolute Gasteiger partial charge is 0.487 e. The van der Waals surface area contributed by atoms with Crippen LogP contribution in [0.4, 0.5) is 5.69 Å². The summed E-state index contributed by atoms with van der Waals surface area (Å²) in [5.41, 5.74) is 6.28. The van der Waals surface area contributed by atoms with Gasteiger partial charge in [0, 0.05) is 19.2 Å². The molecule has 6 nitrogen and oxygen atoms in total. The van der Waals surface area contributed by atoms with Crippen LogP contribution in [0.2, 0.25) is 0 Å². The smallest absolute Gasteiger partial charge is 0.310 e. The van der Waals surface area contributed by atoms with Crippen LogP contribution >= 0.6 is 0 Å². The Bertz CT molecular complexity index is 410. The average molecular weight is 268 g/mol. The van der Waals surface area contributed by atoms with Gasteiger partial charge in [-0.3, -0.25) is 10.1 Å². The summed E-state index contributed by atoms with van der Waals surface area (Å²) in [7, 11) is 0. The number of rotatable bonds is 9. The first kappa shape index (κ1) is 15.4. The molecule has 19 heavy (non-hydrogen) atoms. The molecular formula is C13H20N2O4. The number of aliphatic hydroxyl groups excluding tert-OH is 1. The van der Waals surface area contributed by atoms with E-state index in [1.807, 2.05) is 0 Å². The van der Waals surface area contributed by atoms with Crippen molar-refractivity contribution in [1.82, 2.24) is 0 Å². The van der Waals surface area contributed by atoms with Crippen LogP contribution in [-0.2, 0) is 6.54 Å². The zero-order chi connectivity index (χ0) is 14.1. The lowest BCUT2D eigenvalue weighted by molar-refractivity contribution is -0.385. The number of nitrogens with zero attached hydrogens (tertiary/aromatic N) is 1. The Kier molecular flexibility index (Phi) is 6.84. The van der Waals surface area contributed by atoms with Gasteiger partial charge in [-0.05, 0) is 30.9 Å². The second-order valence-corrected chi connectivity index (χ2v) is 4.25. The normalized spacial score (nSPS) is 10.4. The molecule has 3 N–H and O–H groups in total. The van der Waals surface area contributed by atoms with Crippen molar-refractivity contribution >= 4 is 5.69 Å². The summed E-state index contributed by atoms with van der Waals surface area (Å²) in [6, 6.07) is 4.67. The van der Waals surface area contributed by atoms with Crippen LogP contribution in [-0.4, -0.2) is 23.2 Å². The molecule has 0 fully saturated rings. The molecular weight excluding hydrogens is 248 g/mol. The molecule has 0 spiro atoms. The molecule has 106 valence electrons. The lowest BCUT2D eigenvalue weighted by Crippen LogP contribution is -2.03. The van der Waals surface area contributed by atoms with Crippen molar-refractivity contribution in [2.45, 2.75) is 32.2 Å². The molecule has 0 aliphatic heterocycles. The highest BCUT2D eigenvalue weighted by atomic mass is 16.6. The van der Waals surface area contributed by atoms with E-state index in [1.165, 1.54) is 6.07 Å². The summed E-state index contributed by atoms with van der Waals surface area (Å²) in [4.78, 5) is 10.4. The standard InChI is InChI=1S/C13H20N2O4/c14-10-11-5-6-12(15(17)18)13(9-11)19-8-4-2-1-3-7-16/h5-6,9,16H,1-4,7-8,10,14H2. The zero-order valence-corrected chi connectivity index (χ0v) is 10.9. The Morgan fingerprint density at radius 1 is 1.26 bits per heavy atom. The topological polar surface area (TPSA) is 98.6 Å². The lowest BCUT2D eigenvalue weighted by Gasteiger charge is -2.08.